The highest BCUT2D eigenvalue weighted by molar-refractivity contribution is 6.15. The van der Waals surface area contributed by atoms with Crippen molar-refractivity contribution in [3.05, 3.63) is 35.4 Å². The minimum absolute atomic E-state index is 0.125. The molecule has 1 aromatic carbocycles. The van der Waals surface area contributed by atoms with Crippen LogP contribution in [0.15, 0.2) is 29.8 Å². The number of hydrogen-bond acceptors (Lipinski definition) is 3. The van der Waals surface area contributed by atoms with Crippen LogP contribution < -0.4 is 5.32 Å². The third-order valence-electron chi connectivity index (χ3n) is 2.13. The quantitative estimate of drug-likeness (QED) is 0.524. The standard InChI is InChI=1S/C11H9NO3/c13-9-3-1-7(2-4-9)5-8-6-10(14)12-11(8)15/h1-5,13H,6H2,(H,12,14,15). The third-order valence-corrected chi connectivity index (χ3v) is 2.13. The number of aromatic hydroxyl groups is 1. The predicted molar refractivity (Wildman–Crippen MR) is 53.9 cm³/mol. The Morgan fingerprint density at radius 1 is 1.20 bits per heavy atom. The van der Waals surface area contributed by atoms with Crippen molar-refractivity contribution in [1.82, 2.24) is 5.32 Å². The number of hydrogen-bond donors (Lipinski definition) is 2. The summed E-state index contributed by atoms with van der Waals surface area (Å²) in [4.78, 5) is 22.1. The van der Waals surface area contributed by atoms with Gasteiger partial charge in [0.15, 0.2) is 0 Å². The first kappa shape index (κ1) is 9.45. The van der Waals surface area contributed by atoms with Crippen molar-refractivity contribution in [1.29, 1.82) is 0 Å². The minimum atomic E-state index is -0.340. The van der Waals surface area contributed by atoms with Crippen LogP contribution in [0.4, 0.5) is 0 Å². The molecule has 1 aromatic rings. The zero-order chi connectivity index (χ0) is 10.8. The molecule has 0 bridgehead atoms. The number of benzene rings is 1. The van der Waals surface area contributed by atoms with E-state index in [1.165, 1.54) is 12.1 Å². The van der Waals surface area contributed by atoms with E-state index in [4.69, 9.17) is 5.11 Å². The van der Waals surface area contributed by atoms with Crippen LogP contribution in [0.1, 0.15) is 12.0 Å². The summed E-state index contributed by atoms with van der Waals surface area (Å²) < 4.78 is 0. The highest BCUT2D eigenvalue weighted by Crippen LogP contribution is 2.16. The smallest absolute Gasteiger partial charge is 0.254 e. The second-order valence-electron chi connectivity index (χ2n) is 3.32. The largest absolute Gasteiger partial charge is 0.508 e. The van der Waals surface area contributed by atoms with Crippen LogP contribution in [-0.2, 0) is 9.59 Å². The number of imide groups is 1. The average Bonchev–Trinajstić information content (AvgIpc) is 2.49. The van der Waals surface area contributed by atoms with Crippen LogP contribution in [0.2, 0.25) is 0 Å². The normalized spacial score (nSPS) is 18.3. The summed E-state index contributed by atoms with van der Waals surface area (Å²) >= 11 is 0. The van der Waals surface area contributed by atoms with Crippen LogP contribution in [0.5, 0.6) is 5.75 Å². The van der Waals surface area contributed by atoms with Gasteiger partial charge in [0.05, 0.1) is 6.42 Å². The van der Waals surface area contributed by atoms with Crippen LogP contribution >= 0.6 is 0 Å². The molecule has 0 spiro atoms. The molecular formula is C11H9NO3. The topological polar surface area (TPSA) is 66.4 Å². The number of amides is 2. The van der Waals surface area contributed by atoms with Crippen molar-refractivity contribution >= 4 is 17.9 Å². The van der Waals surface area contributed by atoms with Gasteiger partial charge in [-0.2, -0.15) is 0 Å². The fourth-order valence-corrected chi connectivity index (χ4v) is 1.39. The summed E-state index contributed by atoms with van der Waals surface area (Å²) in [5.41, 5.74) is 1.23. The molecule has 0 radical (unpaired) electrons. The van der Waals surface area contributed by atoms with Gasteiger partial charge in [0.2, 0.25) is 5.91 Å². The first-order valence-corrected chi connectivity index (χ1v) is 4.49. The van der Waals surface area contributed by atoms with Crippen molar-refractivity contribution in [2.24, 2.45) is 0 Å². The van der Waals surface area contributed by atoms with E-state index in [2.05, 4.69) is 5.32 Å². The Morgan fingerprint density at radius 3 is 2.40 bits per heavy atom. The van der Waals surface area contributed by atoms with E-state index in [0.29, 0.717) is 5.57 Å². The second kappa shape index (κ2) is 3.57. The lowest BCUT2D eigenvalue weighted by Crippen LogP contribution is -2.19. The maximum Gasteiger partial charge on any atom is 0.254 e. The maximum absolute atomic E-state index is 11.2. The van der Waals surface area contributed by atoms with E-state index < -0.39 is 0 Å². The minimum Gasteiger partial charge on any atom is -0.508 e. The molecule has 2 rings (SSSR count). The van der Waals surface area contributed by atoms with Gasteiger partial charge in [0, 0.05) is 5.57 Å². The molecule has 1 heterocycles. The van der Waals surface area contributed by atoms with Gasteiger partial charge in [-0.1, -0.05) is 12.1 Å². The lowest BCUT2D eigenvalue weighted by Gasteiger charge is -1.95. The van der Waals surface area contributed by atoms with E-state index in [-0.39, 0.29) is 24.0 Å². The van der Waals surface area contributed by atoms with E-state index in [1.54, 1.807) is 18.2 Å². The van der Waals surface area contributed by atoms with E-state index in [9.17, 15) is 9.59 Å². The monoisotopic (exact) mass is 203 g/mol. The number of carbonyl (C=O) groups excluding carboxylic acids is 2. The fourth-order valence-electron chi connectivity index (χ4n) is 1.39. The summed E-state index contributed by atoms with van der Waals surface area (Å²) in [6.45, 7) is 0. The van der Waals surface area contributed by atoms with Crippen LogP contribution in [0.25, 0.3) is 6.08 Å². The summed E-state index contributed by atoms with van der Waals surface area (Å²) in [5, 5.41) is 11.3. The maximum atomic E-state index is 11.2. The van der Waals surface area contributed by atoms with E-state index >= 15 is 0 Å². The summed E-state index contributed by atoms with van der Waals surface area (Å²) in [5.74, 6) is -0.442. The Kier molecular flexibility index (Phi) is 2.25. The number of carbonyl (C=O) groups is 2. The fraction of sp³-hybridized carbons (Fsp3) is 0.0909. The molecule has 1 saturated heterocycles. The Bertz CT molecular complexity index is 445. The second-order valence-corrected chi connectivity index (χ2v) is 3.32. The van der Waals surface area contributed by atoms with E-state index in [1.807, 2.05) is 0 Å². The van der Waals surface area contributed by atoms with Gasteiger partial charge in [0.25, 0.3) is 5.91 Å². The van der Waals surface area contributed by atoms with Gasteiger partial charge >= 0.3 is 0 Å². The number of rotatable bonds is 1. The number of nitrogens with one attached hydrogen (secondary N) is 1. The molecule has 76 valence electrons. The third kappa shape index (κ3) is 2.04. The lowest BCUT2D eigenvalue weighted by atomic mass is 10.1. The molecule has 0 unspecified atom stereocenters. The molecule has 0 aromatic heterocycles. The van der Waals surface area contributed by atoms with Gasteiger partial charge in [-0.25, -0.2) is 0 Å². The van der Waals surface area contributed by atoms with Gasteiger partial charge in [0.1, 0.15) is 5.75 Å². The Labute approximate surface area is 86.2 Å². The molecule has 0 aliphatic carbocycles. The molecule has 1 aliphatic heterocycles. The Hall–Kier alpha value is -2.10. The highest BCUT2D eigenvalue weighted by Gasteiger charge is 2.23. The summed E-state index contributed by atoms with van der Waals surface area (Å²) in [6.07, 6.45) is 1.76. The predicted octanol–water partition coefficient (Wildman–Crippen LogP) is 0.822. The molecule has 15 heavy (non-hydrogen) atoms. The molecular weight excluding hydrogens is 194 g/mol. The summed E-state index contributed by atoms with van der Waals surface area (Å²) in [6, 6.07) is 6.42. The molecule has 4 nitrogen and oxygen atoms in total. The van der Waals surface area contributed by atoms with Gasteiger partial charge in [-0.3, -0.25) is 14.9 Å². The molecule has 0 saturated carbocycles. The molecule has 1 fully saturated rings. The zero-order valence-corrected chi connectivity index (χ0v) is 7.86. The lowest BCUT2D eigenvalue weighted by molar-refractivity contribution is -0.124. The average molecular weight is 203 g/mol. The van der Waals surface area contributed by atoms with Crippen LogP contribution in [0, 0.1) is 0 Å². The first-order valence-electron chi connectivity index (χ1n) is 4.49. The SMILES string of the molecule is O=C1CC(=Cc2ccc(O)cc2)C(=O)N1. The molecule has 4 heteroatoms. The molecule has 1 aliphatic rings. The highest BCUT2D eigenvalue weighted by atomic mass is 16.3. The number of phenolic OH excluding ortho intramolecular Hbond substituents is 1. The molecule has 2 amide bonds. The first-order chi connectivity index (χ1) is 7.15. The van der Waals surface area contributed by atoms with Gasteiger partial charge in [-0.05, 0) is 23.8 Å². The van der Waals surface area contributed by atoms with Crippen LogP contribution in [0.3, 0.4) is 0 Å². The molecule has 2 N–H and O–H groups in total. The van der Waals surface area contributed by atoms with Gasteiger partial charge < -0.3 is 5.11 Å². The summed E-state index contributed by atoms with van der Waals surface area (Å²) in [7, 11) is 0. The van der Waals surface area contributed by atoms with Crippen molar-refractivity contribution < 1.29 is 14.7 Å². The van der Waals surface area contributed by atoms with Crippen molar-refractivity contribution in [3.8, 4) is 5.75 Å². The Balaban J connectivity index is 2.27. The molecule has 0 atom stereocenters. The van der Waals surface area contributed by atoms with Gasteiger partial charge in [-0.15, -0.1) is 0 Å². The zero-order valence-electron chi connectivity index (χ0n) is 7.86. The number of phenols is 1. The van der Waals surface area contributed by atoms with Crippen molar-refractivity contribution in [2.75, 3.05) is 0 Å². The van der Waals surface area contributed by atoms with E-state index in [0.717, 1.165) is 5.56 Å². The van der Waals surface area contributed by atoms with Crippen LogP contribution in [-0.4, -0.2) is 16.9 Å². The van der Waals surface area contributed by atoms with Crippen molar-refractivity contribution in [2.45, 2.75) is 6.42 Å². The Morgan fingerprint density at radius 2 is 1.87 bits per heavy atom. The van der Waals surface area contributed by atoms with Crippen molar-refractivity contribution in [3.63, 3.8) is 0 Å².